The van der Waals surface area contributed by atoms with Crippen molar-refractivity contribution in [1.82, 2.24) is 0 Å². The van der Waals surface area contributed by atoms with Gasteiger partial charge in [-0.2, -0.15) is 0 Å². The molecule has 4 N–H and O–H groups in total. The summed E-state index contributed by atoms with van der Waals surface area (Å²) in [6, 6.07) is 6.38. The van der Waals surface area contributed by atoms with Gasteiger partial charge in [-0.3, -0.25) is 0 Å². The number of benzene rings is 1. The molecule has 0 aliphatic carbocycles. The van der Waals surface area contributed by atoms with Gasteiger partial charge in [-0.15, -0.1) is 0 Å². The molecule has 84 valence electrons. The van der Waals surface area contributed by atoms with Gasteiger partial charge in [-0.05, 0) is 31.0 Å². The van der Waals surface area contributed by atoms with Crippen molar-refractivity contribution in [1.29, 1.82) is 0 Å². The zero-order chi connectivity index (χ0) is 11.4. The van der Waals surface area contributed by atoms with Crippen molar-refractivity contribution in [3.63, 3.8) is 0 Å². The number of hydrogen-bond donors (Lipinski definition) is 2. The van der Waals surface area contributed by atoms with Crippen LogP contribution in [-0.2, 0) is 0 Å². The van der Waals surface area contributed by atoms with Gasteiger partial charge in [0.1, 0.15) is 0 Å². The van der Waals surface area contributed by atoms with Crippen LogP contribution >= 0.6 is 0 Å². The second-order valence-corrected chi connectivity index (χ2v) is 3.89. The number of nitrogens with two attached hydrogens (primary N) is 2. The van der Waals surface area contributed by atoms with Crippen LogP contribution in [0.25, 0.3) is 0 Å². The Morgan fingerprint density at radius 2 is 1.73 bits per heavy atom. The number of hydrogen-bond acceptors (Lipinski definition) is 3. The smallest absolute Gasteiger partial charge is 0.0568 e. The number of anilines is 3. The van der Waals surface area contributed by atoms with Crippen molar-refractivity contribution in [2.75, 3.05) is 23.4 Å². The van der Waals surface area contributed by atoms with E-state index in [1.807, 2.05) is 18.2 Å². The fourth-order valence-corrected chi connectivity index (χ4v) is 1.83. The first-order chi connectivity index (χ1) is 7.10. The highest BCUT2D eigenvalue weighted by atomic mass is 15.1. The van der Waals surface area contributed by atoms with Crippen molar-refractivity contribution >= 4 is 17.1 Å². The van der Waals surface area contributed by atoms with E-state index in [2.05, 4.69) is 25.8 Å². The van der Waals surface area contributed by atoms with Crippen molar-refractivity contribution in [3.05, 3.63) is 18.2 Å². The summed E-state index contributed by atoms with van der Waals surface area (Å²) < 4.78 is 0. The summed E-state index contributed by atoms with van der Waals surface area (Å²) in [6.07, 6.45) is 2.27. The first-order valence-electron chi connectivity index (χ1n) is 5.48. The molecule has 1 rings (SSSR count). The Kier molecular flexibility index (Phi) is 3.83. The van der Waals surface area contributed by atoms with Crippen LogP contribution in [0.4, 0.5) is 17.1 Å². The normalized spacial score (nSPS) is 10.7. The summed E-state index contributed by atoms with van der Waals surface area (Å²) in [7, 11) is 2.10. The van der Waals surface area contributed by atoms with E-state index in [4.69, 9.17) is 11.5 Å². The molecule has 3 nitrogen and oxygen atoms in total. The second-order valence-electron chi connectivity index (χ2n) is 3.89. The fourth-order valence-electron chi connectivity index (χ4n) is 1.83. The molecular weight excluding hydrogens is 186 g/mol. The quantitative estimate of drug-likeness (QED) is 0.746. The van der Waals surface area contributed by atoms with Crippen molar-refractivity contribution in [3.8, 4) is 0 Å². The third kappa shape index (κ3) is 2.55. The molecule has 0 saturated heterocycles. The predicted molar refractivity (Wildman–Crippen MR) is 68.0 cm³/mol. The van der Waals surface area contributed by atoms with E-state index in [0.717, 1.165) is 18.5 Å². The molecule has 0 bridgehead atoms. The third-order valence-electron chi connectivity index (χ3n) is 2.97. The van der Waals surface area contributed by atoms with Crippen LogP contribution in [0.15, 0.2) is 18.2 Å². The molecule has 0 aliphatic rings. The van der Waals surface area contributed by atoms with Crippen LogP contribution < -0.4 is 16.4 Å². The molecule has 1 aromatic rings. The molecule has 0 atom stereocenters. The minimum atomic E-state index is 0.563. The Labute approximate surface area is 92.1 Å². The summed E-state index contributed by atoms with van der Waals surface area (Å²) in [5.74, 6) is 0. The van der Waals surface area contributed by atoms with E-state index >= 15 is 0 Å². The van der Waals surface area contributed by atoms with Crippen LogP contribution in [0, 0.1) is 0 Å². The van der Waals surface area contributed by atoms with Crippen molar-refractivity contribution < 1.29 is 0 Å². The molecule has 0 amide bonds. The first kappa shape index (κ1) is 11.7. The van der Waals surface area contributed by atoms with Gasteiger partial charge < -0.3 is 16.4 Å². The lowest BCUT2D eigenvalue weighted by molar-refractivity contribution is 0.592. The van der Waals surface area contributed by atoms with Gasteiger partial charge in [0.25, 0.3) is 0 Å². The summed E-state index contributed by atoms with van der Waals surface area (Å²) >= 11 is 0. The van der Waals surface area contributed by atoms with Crippen LogP contribution in [-0.4, -0.2) is 13.1 Å². The molecule has 0 radical (unpaired) electrons. The fraction of sp³-hybridized carbons (Fsp3) is 0.500. The lowest BCUT2D eigenvalue weighted by atomic mass is 10.1. The lowest BCUT2D eigenvalue weighted by Gasteiger charge is -2.28. The molecule has 0 aliphatic heterocycles. The van der Waals surface area contributed by atoms with E-state index in [1.54, 1.807) is 0 Å². The number of nitrogens with zero attached hydrogens (tertiary/aromatic N) is 1. The van der Waals surface area contributed by atoms with Crippen LogP contribution in [0.1, 0.15) is 26.7 Å². The van der Waals surface area contributed by atoms with E-state index in [9.17, 15) is 0 Å². The maximum absolute atomic E-state index is 5.79. The van der Waals surface area contributed by atoms with E-state index in [-0.39, 0.29) is 0 Å². The standard InChI is InChI=1S/C12H21N3/c1-4-9(5-2)15(3)10-6-7-11(13)12(14)8-10/h6-9H,4-5,13-14H2,1-3H3. The Morgan fingerprint density at radius 3 is 2.20 bits per heavy atom. The summed E-state index contributed by atoms with van der Waals surface area (Å²) in [5, 5.41) is 0. The molecule has 1 aromatic carbocycles. The maximum atomic E-state index is 5.79. The van der Waals surface area contributed by atoms with Crippen LogP contribution in [0.5, 0.6) is 0 Å². The molecule has 0 spiro atoms. The van der Waals surface area contributed by atoms with Gasteiger partial charge in [0, 0.05) is 18.8 Å². The molecule has 0 aromatic heterocycles. The monoisotopic (exact) mass is 207 g/mol. The topological polar surface area (TPSA) is 55.3 Å². The molecule has 0 saturated carbocycles. The minimum absolute atomic E-state index is 0.563. The molecule has 15 heavy (non-hydrogen) atoms. The minimum Gasteiger partial charge on any atom is -0.397 e. The van der Waals surface area contributed by atoms with Gasteiger partial charge in [-0.1, -0.05) is 13.8 Å². The van der Waals surface area contributed by atoms with Crippen molar-refractivity contribution in [2.24, 2.45) is 0 Å². The van der Waals surface area contributed by atoms with Crippen LogP contribution in [0.2, 0.25) is 0 Å². The van der Waals surface area contributed by atoms with E-state index in [1.165, 1.54) is 0 Å². The van der Waals surface area contributed by atoms with Gasteiger partial charge in [0.2, 0.25) is 0 Å². The third-order valence-corrected chi connectivity index (χ3v) is 2.97. The van der Waals surface area contributed by atoms with Gasteiger partial charge in [0.05, 0.1) is 11.4 Å². The molecule has 0 fully saturated rings. The maximum Gasteiger partial charge on any atom is 0.0568 e. The zero-order valence-electron chi connectivity index (χ0n) is 9.83. The average molecular weight is 207 g/mol. The zero-order valence-corrected chi connectivity index (χ0v) is 9.83. The second kappa shape index (κ2) is 4.91. The highest BCUT2D eigenvalue weighted by molar-refractivity contribution is 5.69. The lowest BCUT2D eigenvalue weighted by Crippen LogP contribution is -2.30. The molecule has 0 unspecified atom stereocenters. The highest BCUT2D eigenvalue weighted by Crippen LogP contribution is 2.24. The van der Waals surface area contributed by atoms with Gasteiger partial charge in [0.15, 0.2) is 0 Å². The van der Waals surface area contributed by atoms with Gasteiger partial charge >= 0.3 is 0 Å². The number of rotatable bonds is 4. The largest absolute Gasteiger partial charge is 0.397 e. The Morgan fingerprint density at radius 1 is 1.13 bits per heavy atom. The van der Waals surface area contributed by atoms with E-state index < -0.39 is 0 Å². The molecule has 0 heterocycles. The Hall–Kier alpha value is -1.38. The summed E-state index contributed by atoms with van der Waals surface area (Å²) in [5.41, 5.74) is 13.9. The van der Waals surface area contributed by atoms with Gasteiger partial charge in [-0.25, -0.2) is 0 Å². The number of nitrogen functional groups attached to an aromatic ring is 2. The van der Waals surface area contributed by atoms with Crippen LogP contribution in [0.3, 0.4) is 0 Å². The SMILES string of the molecule is CCC(CC)N(C)c1ccc(N)c(N)c1. The Balaban J connectivity index is 2.90. The van der Waals surface area contributed by atoms with Crippen molar-refractivity contribution in [2.45, 2.75) is 32.7 Å². The average Bonchev–Trinajstić information content (AvgIpc) is 2.23. The molecule has 3 heteroatoms. The first-order valence-corrected chi connectivity index (χ1v) is 5.48. The predicted octanol–water partition coefficient (Wildman–Crippen LogP) is 2.48. The van der Waals surface area contributed by atoms with E-state index in [0.29, 0.717) is 17.4 Å². The Bertz CT molecular complexity index is 319. The molecular formula is C12H21N3. The summed E-state index contributed by atoms with van der Waals surface area (Å²) in [4.78, 5) is 2.26. The summed E-state index contributed by atoms with van der Waals surface area (Å²) in [6.45, 7) is 4.40. The highest BCUT2D eigenvalue weighted by Gasteiger charge is 2.11.